The largest absolute Gasteiger partial charge is 0.573 e. The number of esters is 1. The van der Waals surface area contributed by atoms with Crippen LogP contribution >= 0.6 is 0 Å². The fourth-order valence-electron chi connectivity index (χ4n) is 4.59. The van der Waals surface area contributed by atoms with Crippen LogP contribution in [0.15, 0.2) is 23.1 Å². The van der Waals surface area contributed by atoms with E-state index < -0.39 is 51.4 Å². The van der Waals surface area contributed by atoms with Gasteiger partial charge in [-0.25, -0.2) is 18.0 Å². The van der Waals surface area contributed by atoms with Crippen LogP contribution in [0, 0.1) is 0 Å². The summed E-state index contributed by atoms with van der Waals surface area (Å²) in [7, 11) is -4.16. The summed E-state index contributed by atoms with van der Waals surface area (Å²) in [6.07, 6.45) is -4.40. The third kappa shape index (κ3) is 5.74. The Hall–Kier alpha value is -3.29. The molecule has 10 nitrogen and oxygen atoms in total. The van der Waals surface area contributed by atoms with Crippen LogP contribution in [0.25, 0.3) is 11.3 Å². The number of halogens is 3. The third-order valence-corrected chi connectivity index (χ3v) is 7.66. The lowest BCUT2D eigenvalue weighted by Crippen LogP contribution is -2.43. The molecule has 4 rings (SSSR count). The van der Waals surface area contributed by atoms with E-state index in [2.05, 4.69) is 9.84 Å². The summed E-state index contributed by atoms with van der Waals surface area (Å²) >= 11 is 0. The van der Waals surface area contributed by atoms with E-state index in [0.29, 0.717) is 19.4 Å². The Bertz CT molecular complexity index is 1360. The van der Waals surface area contributed by atoms with Crippen molar-refractivity contribution in [1.82, 2.24) is 14.7 Å². The fraction of sp³-hybridized carbons (Fsp3) is 0.542. The molecule has 1 amide bonds. The molecule has 0 saturated carbocycles. The molecule has 208 valence electrons. The highest BCUT2D eigenvalue weighted by Crippen LogP contribution is 2.43. The van der Waals surface area contributed by atoms with E-state index in [1.807, 2.05) is 0 Å². The molecule has 1 aromatic heterocycles. The van der Waals surface area contributed by atoms with Crippen molar-refractivity contribution in [3.8, 4) is 17.0 Å². The first kappa shape index (κ1) is 27.7. The lowest BCUT2D eigenvalue weighted by Gasteiger charge is -2.35. The maximum Gasteiger partial charge on any atom is 0.573 e. The number of ether oxygens (including phenoxy) is 3. The molecule has 0 bridgehead atoms. The molecule has 0 aliphatic carbocycles. The van der Waals surface area contributed by atoms with E-state index in [4.69, 9.17) is 9.47 Å². The van der Waals surface area contributed by atoms with Gasteiger partial charge in [0.1, 0.15) is 11.4 Å². The van der Waals surface area contributed by atoms with Gasteiger partial charge in [0.15, 0.2) is 15.5 Å². The van der Waals surface area contributed by atoms with E-state index in [1.54, 1.807) is 27.7 Å². The Morgan fingerprint density at radius 2 is 1.89 bits per heavy atom. The average Bonchev–Trinajstić information content (AvgIpc) is 3.16. The van der Waals surface area contributed by atoms with Gasteiger partial charge in [0.25, 0.3) is 0 Å². The Kier molecular flexibility index (Phi) is 7.14. The Morgan fingerprint density at radius 3 is 2.53 bits per heavy atom. The number of hydrogen-bond acceptors (Lipinski definition) is 8. The summed E-state index contributed by atoms with van der Waals surface area (Å²) in [5.41, 5.74) is -0.461. The molecule has 2 aliphatic rings. The number of carbonyl (C=O) groups is 2. The van der Waals surface area contributed by atoms with Crippen LogP contribution in [0.3, 0.4) is 0 Å². The SMILES string of the molecule is CCOC(=O)c1nn(C2CCCN(C(=O)OC(C)(C)C)C2)c2c1CS(=O)(=O)c1cc(OC(F)(F)F)ccc1-2. The van der Waals surface area contributed by atoms with Crippen molar-refractivity contribution in [2.24, 2.45) is 0 Å². The van der Waals surface area contributed by atoms with Gasteiger partial charge in [-0.2, -0.15) is 5.10 Å². The summed E-state index contributed by atoms with van der Waals surface area (Å²) in [6, 6.07) is 2.56. The second-order valence-corrected chi connectivity index (χ2v) is 12.0. The minimum atomic E-state index is -5.01. The average molecular weight is 560 g/mol. The van der Waals surface area contributed by atoms with Gasteiger partial charge in [-0.05, 0) is 58.7 Å². The number of alkyl halides is 3. The summed E-state index contributed by atoms with van der Waals surface area (Å²) < 4.78 is 80.7. The third-order valence-electron chi connectivity index (χ3n) is 5.98. The van der Waals surface area contributed by atoms with Gasteiger partial charge in [0.05, 0.1) is 29.0 Å². The number of fused-ring (bicyclic) bond motifs is 3. The van der Waals surface area contributed by atoms with E-state index in [1.165, 1.54) is 15.6 Å². The van der Waals surface area contributed by atoms with Crippen molar-refractivity contribution in [3.05, 3.63) is 29.5 Å². The van der Waals surface area contributed by atoms with E-state index in [0.717, 1.165) is 12.1 Å². The van der Waals surface area contributed by atoms with Gasteiger partial charge in [-0.1, -0.05) is 0 Å². The number of likely N-dealkylation sites (tertiary alicyclic amines) is 1. The van der Waals surface area contributed by atoms with Crippen LogP contribution in [-0.4, -0.2) is 66.8 Å². The van der Waals surface area contributed by atoms with Crippen LogP contribution in [-0.2, 0) is 25.1 Å². The number of carbonyl (C=O) groups excluding carboxylic acids is 2. The first-order valence-corrected chi connectivity index (χ1v) is 13.6. The zero-order chi connectivity index (χ0) is 28.0. The van der Waals surface area contributed by atoms with Crippen molar-refractivity contribution >= 4 is 21.9 Å². The highest BCUT2D eigenvalue weighted by atomic mass is 32.2. The van der Waals surface area contributed by atoms with Crippen molar-refractivity contribution in [2.45, 2.75) is 69.2 Å². The number of amides is 1. The summed E-state index contributed by atoms with van der Waals surface area (Å²) in [5.74, 6) is -2.17. The van der Waals surface area contributed by atoms with Crippen molar-refractivity contribution in [3.63, 3.8) is 0 Å². The molecule has 1 saturated heterocycles. The molecule has 1 atom stereocenters. The minimum absolute atomic E-state index is 0.0256. The van der Waals surface area contributed by atoms with Gasteiger partial charge in [-0.15, -0.1) is 13.2 Å². The minimum Gasteiger partial charge on any atom is -0.461 e. The molecule has 0 N–H and O–H groups in total. The predicted octanol–water partition coefficient (Wildman–Crippen LogP) is 4.48. The normalized spacial score (nSPS) is 18.8. The second-order valence-electron chi connectivity index (χ2n) is 10.0. The first-order valence-electron chi connectivity index (χ1n) is 12.0. The summed E-state index contributed by atoms with van der Waals surface area (Å²) in [4.78, 5) is 26.6. The highest BCUT2D eigenvalue weighted by Gasteiger charge is 2.40. The van der Waals surface area contributed by atoms with Gasteiger partial charge < -0.3 is 19.1 Å². The van der Waals surface area contributed by atoms with E-state index in [-0.39, 0.29) is 40.6 Å². The molecule has 0 spiro atoms. The number of rotatable bonds is 4. The number of hydrogen-bond donors (Lipinski definition) is 0. The molecular formula is C24H28F3N3O7S. The van der Waals surface area contributed by atoms with Crippen LogP contribution < -0.4 is 4.74 Å². The standard InChI is InChI=1S/C24H28F3N3O7S/c1-5-35-21(31)19-17-13-38(33,34)18-11-15(36-24(25,26)27)8-9-16(18)20(17)30(28-19)14-7-6-10-29(12-14)22(32)37-23(2,3)4/h8-9,11,14H,5-7,10,12-13H2,1-4H3. The van der Waals surface area contributed by atoms with Crippen LogP contribution in [0.4, 0.5) is 18.0 Å². The number of piperidine rings is 1. The maximum atomic E-state index is 13.2. The maximum absolute atomic E-state index is 13.2. The Morgan fingerprint density at radius 1 is 1.18 bits per heavy atom. The highest BCUT2D eigenvalue weighted by molar-refractivity contribution is 7.90. The van der Waals surface area contributed by atoms with Crippen LogP contribution in [0.1, 0.15) is 62.6 Å². The zero-order valence-corrected chi connectivity index (χ0v) is 22.1. The van der Waals surface area contributed by atoms with Crippen molar-refractivity contribution in [2.75, 3.05) is 19.7 Å². The van der Waals surface area contributed by atoms with Gasteiger partial charge in [0.2, 0.25) is 0 Å². The van der Waals surface area contributed by atoms with Crippen LogP contribution in [0.2, 0.25) is 0 Å². The Balaban J connectivity index is 1.82. The zero-order valence-electron chi connectivity index (χ0n) is 21.3. The van der Waals surface area contributed by atoms with Gasteiger partial charge in [-0.3, -0.25) is 4.68 Å². The second kappa shape index (κ2) is 9.79. The van der Waals surface area contributed by atoms with Gasteiger partial charge in [0, 0.05) is 24.2 Å². The number of sulfone groups is 1. The molecular weight excluding hydrogens is 531 g/mol. The number of aromatic nitrogens is 2. The Labute approximate surface area is 217 Å². The molecule has 2 aliphatic heterocycles. The van der Waals surface area contributed by atoms with Crippen molar-refractivity contribution in [1.29, 1.82) is 0 Å². The molecule has 2 aromatic rings. The summed E-state index contributed by atoms with van der Waals surface area (Å²) in [5, 5.41) is 4.44. The first-order chi connectivity index (χ1) is 17.6. The lowest BCUT2D eigenvalue weighted by molar-refractivity contribution is -0.274. The number of nitrogens with zero attached hydrogens (tertiary/aromatic N) is 3. The monoisotopic (exact) mass is 559 g/mol. The number of benzene rings is 1. The molecule has 14 heteroatoms. The molecule has 1 fully saturated rings. The van der Waals surface area contributed by atoms with E-state index in [9.17, 15) is 31.2 Å². The molecule has 38 heavy (non-hydrogen) atoms. The molecule has 1 unspecified atom stereocenters. The topological polar surface area (TPSA) is 117 Å². The fourth-order valence-corrected chi connectivity index (χ4v) is 6.19. The quantitative estimate of drug-likeness (QED) is 0.504. The predicted molar refractivity (Wildman–Crippen MR) is 127 cm³/mol. The van der Waals surface area contributed by atoms with Gasteiger partial charge >= 0.3 is 18.4 Å². The molecule has 1 aromatic carbocycles. The molecule has 0 radical (unpaired) electrons. The van der Waals surface area contributed by atoms with Crippen LogP contribution in [0.5, 0.6) is 5.75 Å². The van der Waals surface area contributed by atoms with E-state index >= 15 is 0 Å². The molecule has 3 heterocycles. The van der Waals surface area contributed by atoms with Crippen molar-refractivity contribution < 1.29 is 45.4 Å². The lowest BCUT2D eigenvalue weighted by atomic mass is 10.0. The summed E-state index contributed by atoms with van der Waals surface area (Å²) in [6.45, 7) is 7.46. The smallest absolute Gasteiger partial charge is 0.461 e.